The number of benzene rings is 1. The van der Waals surface area contributed by atoms with Crippen molar-refractivity contribution in [2.75, 3.05) is 13.1 Å². The Morgan fingerprint density at radius 2 is 1.65 bits per heavy atom. The van der Waals surface area contributed by atoms with Crippen molar-refractivity contribution in [3.63, 3.8) is 0 Å². The van der Waals surface area contributed by atoms with Gasteiger partial charge >= 0.3 is 0 Å². The molecule has 0 aliphatic heterocycles. The van der Waals surface area contributed by atoms with Crippen molar-refractivity contribution in [1.29, 1.82) is 0 Å². The molecule has 0 heterocycles. The monoisotopic (exact) mass is 274 g/mol. The van der Waals surface area contributed by atoms with Crippen LogP contribution in [-0.2, 0) is 6.42 Å². The van der Waals surface area contributed by atoms with Crippen molar-refractivity contribution >= 4 is 0 Å². The van der Waals surface area contributed by atoms with E-state index in [9.17, 15) is 0 Å². The van der Waals surface area contributed by atoms with Gasteiger partial charge in [-0.2, -0.15) is 0 Å². The van der Waals surface area contributed by atoms with Crippen LogP contribution in [0.25, 0.3) is 0 Å². The van der Waals surface area contributed by atoms with E-state index in [0.29, 0.717) is 0 Å². The Kier molecular flexibility index (Phi) is 9.89. The molecule has 112 valence electrons. The topological polar surface area (TPSA) is 52.0 Å². The zero-order valence-corrected chi connectivity index (χ0v) is 12.7. The second-order valence-corrected chi connectivity index (χ2v) is 5.38. The predicted octanol–water partition coefficient (Wildman–Crippen LogP) is 3.80. The third kappa shape index (κ3) is 8.13. The summed E-state index contributed by atoms with van der Waals surface area (Å²) in [7, 11) is 0. The number of aryl methyl sites for hydroxylation is 1. The van der Waals surface area contributed by atoms with E-state index >= 15 is 0 Å². The first-order valence-electron chi connectivity index (χ1n) is 7.98. The van der Waals surface area contributed by atoms with Gasteiger partial charge in [0.05, 0.1) is 0 Å². The fourth-order valence-corrected chi connectivity index (χ4v) is 2.44. The molecule has 0 saturated carbocycles. The minimum atomic E-state index is 0.812. The molecule has 1 aliphatic carbocycles. The van der Waals surface area contributed by atoms with Crippen LogP contribution < -0.4 is 11.5 Å². The first kappa shape index (κ1) is 16.9. The second-order valence-electron chi connectivity index (χ2n) is 5.38. The van der Waals surface area contributed by atoms with Gasteiger partial charge in [0.15, 0.2) is 0 Å². The maximum Gasteiger partial charge on any atom is -0.00399 e. The fourth-order valence-electron chi connectivity index (χ4n) is 2.44. The van der Waals surface area contributed by atoms with Crippen molar-refractivity contribution in [2.45, 2.75) is 51.4 Å². The summed E-state index contributed by atoms with van der Waals surface area (Å²) in [5, 5.41) is 0. The molecule has 1 aromatic rings. The lowest BCUT2D eigenvalue weighted by molar-refractivity contribution is 0.676. The summed E-state index contributed by atoms with van der Waals surface area (Å²) in [4.78, 5) is 0. The van der Waals surface area contributed by atoms with Gasteiger partial charge in [0.25, 0.3) is 0 Å². The molecule has 20 heavy (non-hydrogen) atoms. The number of nitrogens with two attached hydrogens (primary N) is 2. The summed E-state index contributed by atoms with van der Waals surface area (Å²) in [6, 6.07) is 10.5. The summed E-state index contributed by atoms with van der Waals surface area (Å²) in [6.45, 7) is 1.64. The minimum absolute atomic E-state index is 0.812. The van der Waals surface area contributed by atoms with Crippen LogP contribution >= 0.6 is 0 Å². The zero-order chi connectivity index (χ0) is 14.5. The average molecular weight is 274 g/mol. The summed E-state index contributed by atoms with van der Waals surface area (Å²) < 4.78 is 0. The fraction of sp³-hybridized carbons (Fsp3) is 0.556. The van der Waals surface area contributed by atoms with Gasteiger partial charge < -0.3 is 11.5 Å². The van der Waals surface area contributed by atoms with Gasteiger partial charge in [-0.1, -0.05) is 42.0 Å². The van der Waals surface area contributed by atoms with E-state index in [1.165, 1.54) is 37.7 Å². The van der Waals surface area contributed by atoms with Crippen LogP contribution in [0.4, 0.5) is 0 Å². The summed E-state index contributed by atoms with van der Waals surface area (Å²) in [5.74, 6) is 0. The molecule has 0 spiro atoms. The van der Waals surface area contributed by atoms with E-state index < -0.39 is 0 Å². The summed E-state index contributed by atoms with van der Waals surface area (Å²) in [5.41, 5.74) is 13.8. The molecule has 2 heteroatoms. The molecule has 0 saturated heterocycles. The van der Waals surface area contributed by atoms with Gasteiger partial charge in [0, 0.05) is 0 Å². The van der Waals surface area contributed by atoms with Gasteiger partial charge in [-0.3, -0.25) is 0 Å². The van der Waals surface area contributed by atoms with Crippen LogP contribution in [0.5, 0.6) is 0 Å². The smallest absolute Gasteiger partial charge is 0.00399 e. The SMILES string of the molecule is NCCC1=CCCCC1.NCCCCc1ccccc1. The maximum absolute atomic E-state index is 5.42. The molecule has 0 fully saturated rings. The highest BCUT2D eigenvalue weighted by Crippen LogP contribution is 2.18. The number of hydrogen-bond acceptors (Lipinski definition) is 2. The van der Waals surface area contributed by atoms with Gasteiger partial charge in [0.1, 0.15) is 0 Å². The average Bonchev–Trinajstić information content (AvgIpc) is 2.51. The predicted molar refractivity (Wildman–Crippen MR) is 88.7 cm³/mol. The molecule has 0 aromatic heterocycles. The molecule has 4 N–H and O–H groups in total. The molecule has 0 atom stereocenters. The zero-order valence-electron chi connectivity index (χ0n) is 12.7. The molecule has 0 bridgehead atoms. The third-order valence-electron chi connectivity index (χ3n) is 3.61. The first-order chi connectivity index (χ1) is 9.86. The van der Waals surface area contributed by atoms with Crippen LogP contribution in [-0.4, -0.2) is 13.1 Å². The van der Waals surface area contributed by atoms with E-state index in [1.807, 2.05) is 6.07 Å². The Morgan fingerprint density at radius 3 is 2.25 bits per heavy atom. The lowest BCUT2D eigenvalue weighted by Gasteiger charge is -2.10. The van der Waals surface area contributed by atoms with Crippen LogP contribution in [0.1, 0.15) is 50.5 Å². The Morgan fingerprint density at radius 1 is 0.850 bits per heavy atom. The molecule has 2 nitrogen and oxygen atoms in total. The van der Waals surface area contributed by atoms with Crippen LogP contribution in [0.2, 0.25) is 0 Å². The third-order valence-corrected chi connectivity index (χ3v) is 3.61. The van der Waals surface area contributed by atoms with Crippen molar-refractivity contribution in [2.24, 2.45) is 11.5 Å². The summed E-state index contributed by atoms with van der Waals surface area (Å²) >= 11 is 0. The van der Waals surface area contributed by atoms with Crippen LogP contribution in [0.3, 0.4) is 0 Å². The van der Waals surface area contributed by atoms with E-state index in [2.05, 4.69) is 30.3 Å². The normalized spacial score (nSPS) is 14.2. The van der Waals surface area contributed by atoms with Crippen molar-refractivity contribution in [1.82, 2.24) is 0 Å². The van der Waals surface area contributed by atoms with E-state index in [1.54, 1.807) is 5.57 Å². The van der Waals surface area contributed by atoms with Gasteiger partial charge in [-0.15, -0.1) is 0 Å². The lowest BCUT2D eigenvalue weighted by atomic mass is 9.97. The molecule has 0 amide bonds. The van der Waals surface area contributed by atoms with E-state index in [4.69, 9.17) is 11.5 Å². The molecule has 0 unspecified atom stereocenters. The Balaban J connectivity index is 0.000000204. The Hall–Kier alpha value is -1.12. The first-order valence-corrected chi connectivity index (χ1v) is 7.98. The molecule has 1 aromatic carbocycles. The highest BCUT2D eigenvalue weighted by atomic mass is 14.5. The molecule has 0 radical (unpaired) electrons. The molecule has 2 rings (SSSR count). The van der Waals surface area contributed by atoms with E-state index in [0.717, 1.165) is 32.4 Å². The van der Waals surface area contributed by atoms with E-state index in [-0.39, 0.29) is 0 Å². The molecular formula is C18H30N2. The maximum atomic E-state index is 5.42. The molecule has 1 aliphatic rings. The Labute approximate surface area is 124 Å². The van der Waals surface area contributed by atoms with Crippen molar-refractivity contribution in [3.05, 3.63) is 47.5 Å². The van der Waals surface area contributed by atoms with Crippen LogP contribution in [0.15, 0.2) is 42.0 Å². The van der Waals surface area contributed by atoms with Gasteiger partial charge in [-0.25, -0.2) is 0 Å². The lowest BCUT2D eigenvalue weighted by Crippen LogP contribution is -2.02. The number of rotatable bonds is 6. The van der Waals surface area contributed by atoms with Crippen molar-refractivity contribution in [3.8, 4) is 0 Å². The summed E-state index contributed by atoms with van der Waals surface area (Å²) in [6.07, 6.45) is 12.3. The second kappa shape index (κ2) is 11.7. The quantitative estimate of drug-likeness (QED) is 0.612. The minimum Gasteiger partial charge on any atom is -0.330 e. The van der Waals surface area contributed by atoms with Crippen molar-refractivity contribution < 1.29 is 0 Å². The molecular weight excluding hydrogens is 244 g/mol. The largest absolute Gasteiger partial charge is 0.330 e. The van der Waals surface area contributed by atoms with Crippen LogP contribution in [0, 0.1) is 0 Å². The highest BCUT2D eigenvalue weighted by molar-refractivity contribution is 5.14. The number of unbranched alkanes of at least 4 members (excludes halogenated alkanes) is 1. The Bertz CT molecular complexity index is 357. The number of allylic oxidation sites excluding steroid dienone is 1. The van der Waals surface area contributed by atoms with Gasteiger partial charge in [0.2, 0.25) is 0 Å². The standard InChI is InChI=1S/C10H15N.C8H15N/c11-9-5-4-8-10-6-2-1-3-7-10;9-7-6-8-4-2-1-3-5-8/h1-3,6-7H,4-5,8-9,11H2;4H,1-3,5-7,9H2. The number of hydrogen-bond donors (Lipinski definition) is 2. The highest BCUT2D eigenvalue weighted by Gasteiger charge is 2.00. The van der Waals surface area contributed by atoms with Gasteiger partial charge in [-0.05, 0) is 70.0 Å².